The van der Waals surface area contributed by atoms with Gasteiger partial charge >= 0.3 is 0 Å². The molecule has 1 atom stereocenters. The summed E-state index contributed by atoms with van der Waals surface area (Å²) in [6.07, 6.45) is 0. The van der Waals surface area contributed by atoms with E-state index in [1.165, 1.54) is 19.1 Å². The first-order valence-corrected chi connectivity index (χ1v) is 10.1. The van der Waals surface area contributed by atoms with Crippen LogP contribution in [0.15, 0.2) is 40.3 Å². The number of furan rings is 1. The number of Topliss-reactive ketones (excluding diaryl/α,β-unsaturated/α-hetero) is 1. The molecule has 1 saturated heterocycles. The second-order valence-electron chi connectivity index (χ2n) is 8.60. The van der Waals surface area contributed by atoms with Crippen LogP contribution in [0.4, 0.5) is 0 Å². The van der Waals surface area contributed by atoms with Crippen LogP contribution in [0.2, 0.25) is 0 Å². The first-order chi connectivity index (χ1) is 14.6. The molecule has 7 nitrogen and oxygen atoms in total. The number of likely N-dealkylation sites (tertiary alicyclic amines) is 1. The normalized spacial score (nSPS) is 18.6. The van der Waals surface area contributed by atoms with Crippen molar-refractivity contribution in [2.24, 2.45) is 0 Å². The summed E-state index contributed by atoms with van der Waals surface area (Å²) in [4.78, 5) is 27.2. The molecule has 2 aromatic rings. The number of amides is 1. The van der Waals surface area contributed by atoms with Crippen molar-refractivity contribution in [3.05, 3.63) is 58.6 Å². The SMILES string of the molecule is COCCN1C(=O)C(=O)/C(=C(/O)c2cc(C(C)(C)C)ccc2OC)C1c1ccc(C)o1. The molecule has 1 aromatic heterocycles. The monoisotopic (exact) mass is 427 g/mol. The van der Waals surface area contributed by atoms with Crippen molar-refractivity contribution in [3.63, 3.8) is 0 Å². The van der Waals surface area contributed by atoms with Crippen LogP contribution < -0.4 is 4.74 Å². The van der Waals surface area contributed by atoms with E-state index in [0.717, 1.165) is 5.56 Å². The lowest BCUT2D eigenvalue weighted by Gasteiger charge is -2.24. The van der Waals surface area contributed by atoms with E-state index in [4.69, 9.17) is 13.9 Å². The summed E-state index contributed by atoms with van der Waals surface area (Å²) in [5.41, 5.74) is 1.09. The van der Waals surface area contributed by atoms with Gasteiger partial charge in [0.2, 0.25) is 0 Å². The summed E-state index contributed by atoms with van der Waals surface area (Å²) in [7, 11) is 3.01. The molecule has 1 fully saturated rings. The molecule has 1 aromatic carbocycles. The zero-order valence-corrected chi connectivity index (χ0v) is 18.8. The third-order valence-electron chi connectivity index (χ3n) is 5.43. The fraction of sp³-hybridized carbons (Fsp3) is 0.417. The summed E-state index contributed by atoms with van der Waals surface area (Å²) in [6, 6.07) is 8.07. The van der Waals surface area contributed by atoms with E-state index in [1.54, 1.807) is 31.2 Å². The van der Waals surface area contributed by atoms with Crippen molar-refractivity contribution in [1.29, 1.82) is 0 Å². The van der Waals surface area contributed by atoms with Crippen LogP contribution >= 0.6 is 0 Å². The van der Waals surface area contributed by atoms with Crippen LogP contribution in [0.25, 0.3) is 5.76 Å². The number of hydrogen-bond acceptors (Lipinski definition) is 6. The van der Waals surface area contributed by atoms with Gasteiger partial charge in [-0.3, -0.25) is 9.59 Å². The summed E-state index contributed by atoms with van der Waals surface area (Å²) in [6.45, 7) is 8.35. The molecule has 1 aliphatic rings. The van der Waals surface area contributed by atoms with E-state index in [-0.39, 0.29) is 29.9 Å². The quantitative estimate of drug-likeness (QED) is 0.426. The van der Waals surface area contributed by atoms with E-state index < -0.39 is 17.7 Å². The Labute approximate surface area is 182 Å². The second kappa shape index (κ2) is 8.59. The molecule has 1 amide bonds. The fourth-order valence-electron chi connectivity index (χ4n) is 3.70. The predicted octanol–water partition coefficient (Wildman–Crippen LogP) is 3.96. The summed E-state index contributed by atoms with van der Waals surface area (Å²) < 4.78 is 16.3. The highest BCUT2D eigenvalue weighted by atomic mass is 16.5. The lowest BCUT2D eigenvalue weighted by Crippen LogP contribution is -2.32. The van der Waals surface area contributed by atoms with Gasteiger partial charge in [0.1, 0.15) is 29.1 Å². The van der Waals surface area contributed by atoms with Gasteiger partial charge in [0, 0.05) is 13.7 Å². The average molecular weight is 427 g/mol. The van der Waals surface area contributed by atoms with Crippen molar-refractivity contribution in [2.45, 2.75) is 39.2 Å². The van der Waals surface area contributed by atoms with Crippen LogP contribution in [0, 0.1) is 6.92 Å². The molecule has 31 heavy (non-hydrogen) atoms. The molecule has 0 bridgehead atoms. The van der Waals surface area contributed by atoms with Crippen molar-refractivity contribution in [1.82, 2.24) is 4.90 Å². The first-order valence-electron chi connectivity index (χ1n) is 10.1. The number of ketones is 1. The molecule has 166 valence electrons. The van der Waals surface area contributed by atoms with Gasteiger partial charge in [-0.1, -0.05) is 26.8 Å². The topological polar surface area (TPSA) is 89.2 Å². The number of aliphatic hydroxyl groups is 1. The lowest BCUT2D eigenvalue weighted by molar-refractivity contribution is -0.140. The number of nitrogens with zero attached hydrogens (tertiary/aromatic N) is 1. The maximum Gasteiger partial charge on any atom is 0.295 e. The Balaban J connectivity index is 2.24. The van der Waals surface area contributed by atoms with E-state index in [9.17, 15) is 14.7 Å². The van der Waals surface area contributed by atoms with Gasteiger partial charge in [-0.2, -0.15) is 0 Å². The molecule has 0 aliphatic carbocycles. The third kappa shape index (κ3) is 4.23. The summed E-state index contributed by atoms with van der Waals surface area (Å²) in [5, 5.41) is 11.3. The molecule has 7 heteroatoms. The van der Waals surface area contributed by atoms with Crippen molar-refractivity contribution < 1.29 is 28.6 Å². The molecule has 2 heterocycles. The maximum absolute atomic E-state index is 13.0. The Morgan fingerprint density at radius 2 is 1.87 bits per heavy atom. The number of carbonyl (C=O) groups excluding carboxylic acids is 2. The number of hydrogen-bond donors (Lipinski definition) is 1. The van der Waals surface area contributed by atoms with Crippen LogP contribution in [-0.2, 0) is 19.7 Å². The van der Waals surface area contributed by atoms with Gasteiger partial charge in [0.15, 0.2) is 0 Å². The highest BCUT2D eigenvalue weighted by molar-refractivity contribution is 6.46. The third-order valence-corrected chi connectivity index (χ3v) is 5.43. The van der Waals surface area contributed by atoms with Gasteiger partial charge in [-0.25, -0.2) is 0 Å². The predicted molar refractivity (Wildman–Crippen MR) is 116 cm³/mol. The van der Waals surface area contributed by atoms with E-state index in [2.05, 4.69) is 0 Å². The maximum atomic E-state index is 13.0. The highest BCUT2D eigenvalue weighted by Crippen LogP contribution is 2.42. The minimum atomic E-state index is -0.855. The fourth-order valence-corrected chi connectivity index (χ4v) is 3.70. The molecule has 0 spiro atoms. The minimum Gasteiger partial charge on any atom is -0.507 e. The summed E-state index contributed by atoms with van der Waals surface area (Å²) in [5.74, 6) is -0.317. The minimum absolute atomic E-state index is 0.0280. The second-order valence-corrected chi connectivity index (χ2v) is 8.60. The molecular formula is C24H29NO6. The molecule has 1 aliphatic heterocycles. The molecule has 3 rings (SSSR count). The zero-order valence-electron chi connectivity index (χ0n) is 18.8. The Morgan fingerprint density at radius 1 is 1.16 bits per heavy atom. The lowest BCUT2D eigenvalue weighted by atomic mass is 9.85. The van der Waals surface area contributed by atoms with Crippen LogP contribution in [-0.4, -0.2) is 49.1 Å². The van der Waals surface area contributed by atoms with Crippen LogP contribution in [0.5, 0.6) is 5.75 Å². The molecule has 0 radical (unpaired) electrons. The standard InChI is InChI=1S/C24H29NO6/c1-14-7-9-18(31-14)20-19(22(27)23(28)25(20)11-12-29-5)21(26)16-13-15(24(2,3)4)8-10-17(16)30-6/h7-10,13,20,26H,11-12H2,1-6H3/b21-19+. The molecule has 0 saturated carbocycles. The Bertz CT molecular complexity index is 1030. The number of aliphatic hydroxyl groups excluding tert-OH is 1. The number of ether oxygens (including phenoxy) is 2. The van der Waals surface area contributed by atoms with Gasteiger partial charge in [0.05, 0.1) is 24.9 Å². The number of aryl methyl sites for hydroxylation is 1. The smallest absolute Gasteiger partial charge is 0.295 e. The van der Waals surface area contributed by atoms with E-state index >= 15 is 0 Å². The van der Waals surface area contributed by atoms with Gasteiger partial charge < -0.3 is 23.9 Å². The van der Waals surface area contributed by atoms with Crippen molar-refractivity contribution in [2.75, 3.05) is 27.4 Å². The van der Waals surface area contributed by atoms with E-state index in [0.29, 0.717) is 22.8 Å². The zero-order chi connectivity index (χ0) is 22.9. The molecule has 1 unspecified atom stereocenters. The Kier molecular flexibility index (Phi) is 6.27. The summed E-state index contributed by atoms with van der Waals surface area (Å²) >= 11 is 0. The van der Waals surface area contributed by atoms with Crippen LogP contribution in [0.1, 0.15) is 49.5 Å². The molecular weight excluding hydrogens is 398 g/mol. The van der Waals surface area contributed by atoms with Gasteiger partial charge in [-0.05, 0) is 42.2 Å². The Hall–Kier alpha value is -3.06. The first kappa shape index (κ1) is 22.6. The van der Waals surface area contributed by atoms with Gasteiger partial charge in [-0.15, -0.1) is 0 Å². The van der Waals surface area contributed by atoms with Crippen molar-refractivity contribution >= 4 is 17.4 Å². The van der Waals surface area contributed by atoms with Gasteiger partial charge in [0.25, 0.3) is 11.7 Å². The number of carbonyl (C=O) groups is 2. The number of methoxy groups -OCH3 is 2. The van der Waals surface area contributed by atoms with Crippen molar-refractivity contribution in [3.8, 4) is 5.75 Å². The van der Waals surface area contributed by atoms with E-state index in [1.807, 2.05) is 26.8 Å². The Morgan fingerprint density at radius 3 is 2.42 bits per heavy atom. The van der Waals surface area contributed by atoms with Crippen LogP contribution in [0.3, 0.4) is 0 Å². The average Bonchev–Trinajstić information content (AvgIpc) is 3.26. The number of rotatable bonds is 6. The highest BCUT2D eigenvalue weighted by Gasteiger charge is 2.47. The largest absolute Gasteiger partial charge is 0.507 e. The molecule has 1 N–H and O–H groups in total. The number of benzene rings is 1.